The topological polar surface area (TPSA) is 50.2 Å². The van der Waals surface area contributed by atoms with E-state index in [-0.39, 0.29) is 5.91 Å². The summed E-state index contributed by atoms with van der Waals surface area (Å²) in [6.07, 6.45) is 3.44. The van der Waals surface area contributed by atoms with Crippen LogP contribution < -0.4 is 10.2 Å². The number of rotatable bonds is 5. The molecule has 5 heteroatoms. The van der Waals surface area contributed by atoms with Crippen LogP contribution in [0.5, 0.6) is 0 Å². The molecule has 110 valence electrons. The number of hydrogen-bond donors (Lipinski definition) is 1. The molecule has 1 fully saturated rings. The molecule has 1 amide bonds. The lowest BCUT2D eigenvalue weighted by atomic mass is 10.2. The lowest BCUT2D eigenvalue weighted by molar-refractivity contribution is -0.117. The number of aromatic nitrogens is 2. The van der Waals surface area contributed by atoms with Gasteiger partial charge in [0, 0.05) is 45.0 Å². The van der Waals surface area contributed by atoms with Gasteiger partial charge >= 0.3 is 0 Å². The number of benzene rings is 1. The molecule has 5 nitrogen and oxygen atoms in total. The highest BCUT2D eigenvalue weighted by atomic mass is 16.2. The van der Waals surface area contributed by atoms with E-state index in [2.05, 4.69) is 22.5 Å². The van der Waals surface area contributed by atoms with Gasteiger partial charge in [-0.1, -0.05) is 12.1 Å². The van der Waals surface area contributed by atoms with Crippen LogP contribution in [0.2, 0.25) is 0 Å². The van der Waals surface area contributed by atoms with Crippen LogP contribution in [0.15, 0.2) is 36.5 Å². The molecule has 0 unspecified atom stereocenters. The third-order valence-electron chi connectivity index (χ3n) is 3.88. The quantitative estimate of drug-likeness (QED) is 0.911. The monoisotopic (exact) mass is 284 g/mol. The van der Waals surface area contributed by atoms with Gasteiger partial charge in [0.15, 0.2) is 0 Å². The zero-order valence-corrected chi connectivity index (χ0v) is 12.2. The molecule has 1 aliphatic rings. The fourth-order valence-corrected chi connectivity index (χ4v) is 2.62. The van der Waals surface area contributed by atoms with E-state index >= 15 is 0 Å². The number of hydrogen-bond acceptors (Lipinski definition) is 3. The first-order chi connectivity index (χ1) is 10.2. The minimum atomic E-state index is 0.233. The van der Waals surface area contributed by atoms with Gasteiger partial charge in [-0.15, -0.1) is 0 Å². The number of carbonyl (C=O) groups excluding carboxylic acids is 1. The van der Waals surface area contributed by atoms with Crippen LogP contribution >= 0.6 is 0 Å². The van der Waals surface area contributed by atoms with E-state index in [1.54, 1.807) is 6.20 Å². The molecule has 0 bridgehead atoms. The van der Waals surface area contributed by atoms with Crippen molar-refractivity contribution < 1.29 is 4.79 Å². The van der Waals surface area contributed by atoms with Crippen molar-refractivity contribution in [1.29, 1.82) is 0 Å². The minimum absolute atomic E-state index is 0.233. The van der Waals surface area contributed by atoms with Gasteiger partial charge in [-0.05, 0) is 30.2 Å². The lowest BCUT2D eigenvalue weighted by Crippen LogP contribution is -2.23. The summed E-state index contributed by atoms with van der Waals surface area (Å²) >= 11 is 0. The molecule has 1 N–H and O–H groups in total. The molecule has 0 radical (unpaired) electrons. The average Bonchev–Trinajstić information content (AvgIpc) is 3.09. The summed E-state index contributed by atoms with van der Waals surface area (Å²) in [5, 5.41) is 7.55. The fourth-order valence-electron chi connectivity index (χ4n) is 2.62. The van der Waals surface area contributed by atoms with Gasteiger partial charge in [0.05, 0.1) is 5.69 Å². The van der Waals surface area contributed by atoms with E-state index in [1.807, 2.05) is 34.8 Å². The number of nitrogens with one attached hydrogen (secondary N) is 1. The zero-order valence-electron chi connectivity index (χ0n) is 12.2. The average molecular weight is 284 g/mol. The first-order valence-electron chi connectivity index (χ1n) is 7.31. The van der Waals surface area contributed by atoms with Crippen molar-refractivity contribution in [2.24, 2.45) is 7.05 Å². The highest BCUT2D eigenvalue weighted by Gasteiger charge is 2.21. The predicted octanol–water partition coefficient (Wildman–Crippen LogP) is 1.84. The summed E-state index contributed by atoms with van der Waals surface area (Å²) in [6, 6.07) is 10.2. The largest absolute Gasteiger partial charge is 0.312 e. The van der Waals surface area contributed by atoms with E-state index in [0.29, 0.717) is 6.42 Å². The summed E-state index contributed by atoms with van der Waals surface area (Å²) in [6.45, 7) is 2.44. The van der Waals surface area contributed by atoms with Crippen LogP contribution in [-0.2, 0) is 24.9 Å². The maximum absolute atomic E-state index is 11.7. The van der Waals surface area contributed by atoms with Gasteiger partial charge in [0.25, 0.3) is 0 Å². The number of carbonyl (C=O) groups is 1. The Morgan fingerprint density at radius 2 is 2.00 bits per heavy atom. The third kappa shape index (κ3) is 3.13. The molecule has 3 rings (SSSR count). The number of amides is 1. The summed E-state index contributed by atoms with van der Waals surface area (Å²) in [4.78, 5) is 13.6. The van der Waals surface area contributed by atoms with Gasteiger partial charge in [-0.2, -0.15) is 5.10 Å². The van der Waals surface area contributed by atoms with Gasteiger partial charge in [0.2, 0.25) is 5.91 Å². The molecule has 21 heavy (non-hydrogen) atoms. The maximum atomic E-state index is 11.7. The Bertz CT molecular complexity index is 617. The van der Waals surface area contributed by atoms with Crippen molar-refractivity contribution in [2.45, 2.75) is 25.9 Å². The second kappa shape index (κ2) is 6.10. The van der Waals surface area contributed by atoms with Crippen molar-refractivity contribution in [2.75, 3.05) is 11.4 Å². The van der Waals surface area contributed by atoms with E-state index in [4.69, 9.17) is 0 Å². The SMILES string of the molecule is Cn1nccc1CNCc1ccc(N2CCCC2=O)cc1. The van der Waals surface area contributed by atoms with Crippen LogP contribution in [0.25, 0.3) is 0 Å². The molecular weight excluding hydrogens is 264 g/mol. The van der Waals surface area contributed by atoms with Gasteiger partial charge in [-0.25, -0.2) is 0 Å². The van der Waals surface area contributed by atoms with E-state index in [1.165, 1.54) is 5.56 Å². The molecule has 0 aliphatic carbocycles. The van der Waals surface area contributed by atoms with Crippen LogP contribution in [-0.4, -0.2) is 22.2 Å². The summed E-state index contributed by atoms with van der Waals surface area (Å²) in [5.74, 6) is 0.233. The standard InChI is InChI=1S/C16H20N4O/c1-19-15(8-9-18-19)12-17-11-13-4-6-14(7-5-13)20-10-2-3-16(20)21/h4-9,17H,2-3,10-12H2,1H3. The Morgan fingerprint density at radius 3 is 2.62 bits per heavy atom. The molecule has 1 saturated heterocycles. The first-order valence-corrected chi connectivity index (χ1v) is 7.31. The normalized spacial score (nSPS) is 14.9. The van der Waals surface area contributed by atoms with Crippen molar-refractivity contribution >= 4 is 11.6 Å². The van der Waals surface area contributed by atoms with Gasteiger partial charge in [0.1, 0.15) is 0 Å². The van der Waals surface area contributed by atoms with Gasteiger partial charge < -0.3 is 10.2 Å². The highest BCUT2D eigenvalue weighted by molar-refractivity contribution is 5.95. The van der Waals surface area contributed by atoms with Crippen molar-refractivity contribution in [1.82, 2.24) is 15.1 Å². The molecule has 0 atom stereocenters. The van der Waals surface area contributed by atoms with Crippen LogP contribution in [0, 0.1) is 0 Å². The molecule has 1 aromatic carbocycles. The summed E-state index contributed by atoms with van der Waals surface area (Å²) in [7, 11) is 1.94. The molecule has 2 aromatic rings. The van der Waals surface area contributed by atoms with E-state index in [0.717, 1.165) is 37.4 Å². The fraction of sp³-hybridized carbons (Fsp3) is 0.375. The smallest absolute Gasteiger partial charge is 0.227 e. The third-order valence-corrected chi connectivity index (χ3v) is 3.88. The number of nitrogens with zero attached hydrogens (tertiary/aromatic N) is 3. The Kier molecular flexibility index (Phi) is 4.01. The van der Waals surface area contributed by atoms with Crippen LogP contribution in [0.4, 0.5) is 5.69 Å². The second-order valence-electron chi connectivity index (χ2n) is 5.37. The molecular formula is C16H20N4O. The molecule has 1 aliphatic heterocycles. The Balaban J connectivity index is 1.55. The summed E-state index contributed by atoms with van der Waals surface area (Å²) in [5.41, 5.74) is 3.38. The lowest BCUT2D eigenvalue weighted by Gasteiger charge is -2.16. The Labute approximate surface area is 124 Å². The van der Waals surface area contributed by atoms with Crippen LogP contribution in [0.1, 0.15) is 24.1 Å². The Hall–Kier alpha value is -2.14. The molecule has 0 saturated carbocycles. The second-order valence-corrected chi connectivity index (χ2v) is 5.37. The van der Waals surface area contributed by atoms with Crippen molar-refractivity contribution in [3.8, 4) is 0 Å². The Morgan fingerprint density at radius 1 is 1.19 bits per heavy atom. The molecule has 1 aromatic heterocycles. The molecule has 2 heterocycles. The minimum Gasteiger partial charge on any atom is -0.312 e. The predicted molar refractivity (Wildman–Crippen MR) is 81.8 cm³/mol. The molecule has 0 spiro atoms. The first kappa shape index (κ1) is 13.8. The summed E-state index contributed by atoms with van der Waals surface area (Å²) < 4.78 is 1.87. The number of aryl methyl sites for hydroxylation is 1. The van der Waals surface area contributed by atoms with Crippen LogP contribution in [0.3, 0.4) is 0 Å². The van der Waals surface area contributed by atoms with Crippen molar-refractivity contribution in [3.05, 3.63) is 47.8 Å². The zero-order chi connectivity index (χ0) is 14.7. The van der Waals surface area contributed by atoms with Gasteiger partial charge in [-0.3, -0.25) is 9.48 Å². The van der Waals surface area contributed by atoms with Crippen molar-refractivity contribution in [3.63, 3.8) is 0 Å². The maximum Gasteiger partial charge on any atom is 0.227 e. The van der Waals surface area contributed by atoms with E-state index < -0.39 is 0 Å². The highest BCUT2D eigenvalue weighted by Crippen LogP contribution is 2.21. The van der Waals surface area contributed by atoms with E-state index in [9.17, 15) is 4.79 Å². The number of anilines is 1.